The summed E-state index contributed by atoms with van der Waals surface area (Å²) in [5, 5.41) is 2.46. The van der Waals surface area contributed by atoms with Crippen LogP contribution in [0.2, 0.25) is 0 Å². The van der Waals surface area contributed by atoms with E-state index in [1.165, 1.54) is 81.8 Å². The van der Waals surface area contributed by atoms with Crippen molar-refractivity contribution in [2.24, 2.45) is 23.7 Å². The van der Waals surface area contributed by atoms with Gasteiger partial charge in [0.25, 0.3) is 0 Å². The zero-order valence-electron chi connectivity index (χ0n) is 34.6. The lowest BCUT2D eigenvalue weighted by atomic mass is 9.43. The van der Waals surface area contributed by atoms with Gasteiger partial charge in [-0.2, -0.15) is 0 Å². The number of hydrogen-bond donors (Lipinski definition) is 0. The molecule has 5 aliphatic rings. The minimum absolute atomic E-state index is 0.0471. The standard InChI is InChI=1S/C59H45N3/c1-4-12-39(13-5-1)45-23-25-54-53(35-45)52-24-22-46(36-55(52)59(54)50-27-37-26-38(29-50)30-51(59)28-37)48-32-47(44-21-20-40-14-10-11-19-43(40)31-44)33-49(34-48)58-61-56(41-15-6-2-7-16-41)60-57(62-58)42-17-8-3-9-18-42/h1-25,31-38,50-51H,26-30H2. The number of rotatable bonds is 6. The molecule has 0 radical (unpaired) electrons. The highest BCUT2D eigenvalue weighted by Gasteiger charge is 2.61. The molecule has 0 saturated heterocycles. The molecule has 296 valence electrons. The first-order valence-electron chi connectivity index (χ1n) is 22.5. The Balaban J connectivity index is 1.02. The summed E-state index contributed by atoms with van der Waals surface area (Å²) in [6.07, 6.45) is 6.85. The van der Waals surface area contributed by atoms with Gasteiger partial charge < -0.3 is 0 Å². The molecule has 8 aromatic carbocycles. The molecule has 0 N–H and O–H groups in total. The number of nitrogens with zero attached hydrogens (tertiary/aromatic N) is 3. The van der Waals surface area contributed by atoms with Crippen LogP contribution in [0.1, 0.15) is 43.2 Å². The Morgan fingerprint density at radius 1 is 0.306 bits per heavy atom. The summed E-state index contributed by atoms with van der Waals surface area (Å²) < 4.78 is 0. The second-order valence-corrected chi connectivity index (χ2v) is 18.5. The van der Waals surface area contributed by atoms with Crippen LogP contribution in [0, 0.1) is 23.7 Å². The van der Waals surface area contributed by atoms with Crippen molar-refractivity contribution in [1.82, 2.24) is 15.0 Å². The smallest absolute Gasteiger partial charge is 0.164 e. The van der Waals surface area contributed by atoms with Crippen LogP contribution in [0.3, 0.4) is 0 Å². The second-order valence-electron chi connectivity index (χ2n) is 18.5. The van der Waals surface area contributed by atoms with Gasteiger partial charge in [0, 0.05) is 22.1 Å². The van der Waals surface area contributed by atoms with Crippen LogP contribution >= 0.6 is 0 Å². The third kappa shape index (κ3) is 5.68. The molecule has 0 amide bonds. The van der Waals surface area contributed by atoms with E-state index >= 15 is 0 Å². The van der Waals surface area contributed by atoms with Crippen molar-refractivity contribution in [3.63, 3.8) is 0 Å². The first kappa shape index (κ1) is 35.8. The Bertz CT molecular complexity index is 3100. The second kappa shape index (κ2) is 14.0. The largest absolute Gasteiger partial charge is 0.208 e. The van der Waals surface area contributed by atoms with Crippen LogP contribution in [0.4, 0.5) is 0 Å². The molecule has 5 aliphatic carbocycles. The van der Waals surface area contributed by atoms with Gasteiger partial charge in [-0.1, -0.05) is 152 Å². The van der Waals surface area contributed by atoms with Gasteiger partial charge in [0.2, 0.25) is 0 Å². The van der Waals surface area contributed by atoms with Gasteiger partial charge in [-0.25, -0.2) is 15.0 Å². The SMILES string of the molecule is c1ccc(-c2ccc3c(c2)-c2ccc(-c4cc(-c5ccc6ccccc6c5)cc(-c5nc(-c6ccccc6)nc(-c6ccccc6)n5)c4)cc2C32C3CC4CC(C3)CC2C4)cc1. The Labute approximate surface area is 363 Å². The lowest BCUT2D eigenvalue weighted by Crippen LogP contribution is -2.55. The number of benzene rings is 8. The minimum Gasteiger partial charge on any atom is -0.208 e. The van der Waals surface area contributed by atoms with Gasteiger partial charge in [0.05, 0.1) is 0 Å². The van der Waals surface area contributed by atoms with E-state index in [1.807, 2.05) is 36.4 Å². The highest BCUT2D eigenvalue weighted by atomic mass is 15.0. The maximum atomic E-state index is 5.23. The maximum Gasteiger partial charge on any atom is 0.164 e. The zero-order valence-corrected chi connectivity index (χ0v) is 34.6. The fourth-order valence-corrected chi connectivity index (χ4v) is 12.6. The molecule has 0 unspecified atom stereocenters. The van der Waals surface area contributed by atoms with Crippen LogP contribution in [0.25, 0.3) is 89.4 Å². The molecule has 3 nitrogen and oxygen atoms in total. The first-order chi connectivity index (χ1) is 30.6. The number of fused-ring (bicyclic) bond motifs is 4. The summed E-state index contributed by atoms with van der Waals surface area (Å²) in [5.41, 5.74) is 16.3. The fourth-order valence-electron chi connectivity index (χ4n) is 12.6. The molecule has 1 heterocycles. The molecule has 14 rings (SSSR count). The van der Waals surface area contributed by atoms with E-state index in [9.17, 15) is 0 Å². The van der Waals surface area contributed by atoms with Gasteiger partial charge in [0.1, 0.15) is 0 Å². The monoisotopic (exact) mass is 795 g/mol. The van der Waals surface area contributed by atoms with E-state index in [4.69, 9.17) is 15.0 Å². The van der Waals surface area contributed by atoms with Crippen molar-refractivity contribution in [3.8, 4) is 78.7 Å². The van der Waals surface area contributed by atoms with Gasteiger partial charge >= 0.3 is 0 Å². The Hall–Kier alpha value is -6.97. The Morgan fingerprint density at radius 3 is 1.42 bits per heavy atom. The van der Waals surface area contributed by atoms with Crippen molar-refractivity contribution in [1.29, 1.82) is 0 Å². The van der Waals surface area contributed by atoms with Crippen LogP contribution in [0.15, 0.2) is 188 Å². The Kier molecular flexibility index (Phi) is 8.10. The van der Waals surface area contributed by atoms with E-state index in [0.29, 0.717) is 29.3 Å². The van der Waals surface area contributed by atoms with Crippen molar-refractivity contribution in [2.75, 3.05) is 0 Å². The van der Waals surface area contributed by atoms with Crippen LogP contribution in [0.5, 0.6) is 0 Å². The average molecular weight is 796 g/mol. The third-order valence-corrected chi connectivity index (χ3v) is 15.1. The topological polar surface area (TPSA) is 38.7 Å². The summed E-state index contributed by atoms with van der Waals surface area (Å²) in [6.45, 7) is 0. The molecule has 4 saturated carbocycles. The van der Waals surface area contributed by atoms with Gasteiger partial charge in [0.15, 0.2) is 17.5 Å². The van der Waals surface area contributed by atoms with Crippen LogP contribution in [-0.4, -0.2) is 15.0 Å². The summed E-state index contributed by atoms with van der Waals surface area (Å²) in [6, 6.07) is 68.9. The lowest BCUT2D eigenvalue weighted by molar-refractivity contribution is -0.0399. The highest BCUT2D eigenvalue weighted by Crippen LogP contribution is 2.69. The molecular formula is C59H45N3. The highest BCUT2D eigenvalue weighted by molar-refractivity contribution is 5.91. The molecule has 3 heteroatoms. The predicted molar refractivity (Wildman–Crippen MR) is 253 cm³/mol. The van der Waals surface area contributed by atoms with Crippen molar-refractivity contribution in [2.45, 2.75) is 37.5 Å². The third-order valence-electron chi connectivity index (χ3n) is 15.1. The van der Waals surface area contributed by atoms with Crippen molar-refractivity contribution >= 4 is 10.8 Å². The Morgan fingerprint density at radius 2 is 0.790 bits per heavy atom. The molecule has 4 fully saturated rings. The average Bonchev–Trinajstić information content (AvgIpc) is 3.62. The molecular weight excluding hydrogens is 751 g/mol. The van der Waals surface area contributed by atoms with E-state index < -0.39 is 0 Å². The minimum atomic E-state index is 0.0471. The maximum absolute atomic E-state index is 5.23. The zero-order chi connectivity index (χ0) is 40.8. The molecule has 62 heavy (non-hydrogen) atoms. The molecule has 9 aromatic rings. The van der Waals surface area contributed by atoms with E-state index in [2.05, 4.69) is 152 Å². The summed E-state index contributed by atoms with van der Waals surface area (Å²) in [7, 11) is 0. The summed E-state index contributed by atoms with van der Waals surface area (Å²) >= 11 is 0. The molecule has 4 bridgehead atoms. The van der Waals surface area contributed by atoms with Gasteiger partial charge in [-0.3, -0.25) is 0 Å². The molecule has 0 aliphatic heterocycles. The lowest BCUT2D eigenvalue weighted by Gasteiger charge is -2.61. The van der Waals surface area contributed by atoms with Crippen molar-refractivity contribution in [3.05, 3.63) is 199 Å². The fraction of sp³-hybridized carbons (Fsp3) is 0.169. The van der Waals surface area contributed by atoms with E-state index in [-0.39, 0.29) is 5.41 Å². The molecule has 0 atom stereocenters. The van der Waals surface area contributed by atoms with E-state index in [1.54, 1.807) is 11.1 Å². The summed E-state index contributed by atoms with van der Waals surface area (Å²) in [4.78, 5) is 15.5. The number of aromatic nitrogens is 3. The van der Waals surface area contributed by atoms with Crippen LogP contribution in [-0.2, 0) is 5.41 Å². The van der Waals surface area contributed by atoms with Crippen LogP contribution < -0.4 is 0 Å². The number of hydrogen-bond acceptors (Lipinski definition) is 3. The molecule has 1 aromatic heterocycles. The van der Waals surface area contributed by atoms with Gasteiger partial charge in [-0.05, 0) is 159 Å². The van der Waals surface area contributed by atoms with Gasteiger partial charge in [-0.15, -0.1) is 0 Å². The normalized spacial score (nSPS) is 21.6. The summed E-state index contributed by atoms with van der Waals surface area (Å²) in [5.74, 6) is 5.11. The van der Waals surface area contributed by atoms with E-state index in [0.717, 1.165) is 34.1 Å². The molecule has 1 spiro atoms. The van der Waals surface area contributed by atoms with Crippen molar-refractivity contribution < 1.29 is 0 Å². The first-order valence-corrected chi connectivity index (χ1v) is 22.5. The predicted octanol–water partition coefficient (Wildman–Crippen LogP) is 14.7. The quantitative estimate of drug-likeness (QED) is 0.168.